The molecule has 148 valence electrons. The quantitative estimate of drug-likeness (QED) is 0.436. The molecule has 2 aromatic heterocycles. The van der Waals surface area contributed by atoms with Gasteiger partial charge in [-0.2, -0.15) is 13.2 Å². The maximum atomic E-state index is 13.5. The van der Waals surface area contributed by atoms with Crippen molar-refractivity contribution >= 4 is 0 Å². The fourth-order valence-corrected chi connectivity index (χ4v) is 3.16. The van der Waals surface area contributed by atoms with E-state index < -0.39 is 11.7 Å². The summed E-state index contributed by atoms with van der Waals surface area (Å²) in [6, 6.07) is 16.5. The number of aryl methyl sites for hydroxylation is 1. The zero-order chi connectivity index (χ0) is 20.6. The molecule has 4 nitrogen and oxygen atoms in total. The first-order valence-electron chi connectivity index (χ1n) is 8.84. The number of benzene rings is 2. The summed E-state index contributed by atoms with van der Waals surface area (Å²) < 4.78 is 51.2. The Labute approximate surface area is 165 Å². The molecule has 4 aromatic rings. The Morgan fingerprint density at radius 3 is 2.38 bits per heavy atom. The Morgan fingerprint density at radius 2 is 1.69 bits per heavy atom. The average molecular weight is 398 g/mol. The van der Waals surface area contributed by atoms with Crippen LogP contribution in [-0.2, 0) is 6.18 Å². The molecule has 2 aromatic carbocycles. The zero-order valence-corrected chi connectivity index (χ0v) is 15.7. The first-order chi connectivity index (χ1) is 13.9. The number of aromatic amines is 1. The van der Waals surface area contributed by atoms with Gasteiger partial charge in [0.05, 0.1) is 18.4 Å². The molecule has 0 amide bonds. The highest BCUT2D eigenvalue weighted by Gasteiger charge is 2.35. The molecule has 0 spiro atoms. The molecular weight excluding hydrogens is 381 g/mol. The second kappa shape index (κ2) is 7.16. The van der Waals surface area contributed by atoms with Gasteiger partial charge < -0.3 is 14.1 Å². The van der Waals surface area contributed by atoms with Gasteiger partial charge in [-0.1, -0.05) is 30.3 Å². The van der Waals surface area contributed by atoms with Crippen molar-refractivity contribution in [2.75, 3.05) is 7.11 Å². The molecule has 1 N–H and O–H groups in total. The fourth-order valence-electron chi connectivity index (χ4n) is 3.16. The number of ether oxygens (including phenoxy) is 1. The van der Waals surface area contributed by atoms with Crippen molar-refractivity contribution in [3.8, 4) is 39.9 Å². The third-order valence-electron chi connectivity index (χ3n) is 4.57. The van der Waals surface area contributed by atoms with Crippen molar-refractivity contribution in [1.29, 1.82) is 0 Å². The third-order valence-corrected chi connectivity index (χ3v) is 4.57. The van der Waals surface area contributed by atoms with E-state index in [4.69, 9.17) is 9.15 Å². The largest absolute Gasteiger partial charge is 0.497 e. The van der Waals surface area contributed by atoms with Crippen LogP contribution in [-0.4, -0.2) is 17.1 Å². The van der Waals surface area contributed by atoms with Gasteiger partial charge in [-0.05, 0) is 37.3 Å². The van der Waals surface area contributed by atoms with Crippen molar-refractivity contribution in [3.05, 3.63) is 71.9 Å². The number of nitrogens with zero attached hydrogens (tertiary/aromatic N) is 1. The van der Waals surface area contributed by atoms with Gasteiger partial charge in [-0.3, -0.25) is 0 Å². The molecule has 2 heterocycles. The van der Waals surface area contributed by atoms with Gasteiger partial charge in [0.2, 0.25) is 0 Å². The molecule has 29 heavy (non-hydrogen) atoms. The minimum atomic E-state index is -4.54. The lowest BCUT2D eigenvalue weighted by Crippen LogP contribution is -2.07. The van der Waals surface area contributed by atoms with Gasteiger partial charge >= 0.3 is 6.18 Å². The Bertz CT molecular complexity index is 1140. The van der Waals surface area contributed by atoms with Crippen molar-refractivity contribution in [2.45, 2.75) is 13.1 Å². The maximum Gasteiger partial charge on any atom is 0.417 e. The summed E-state index contributed by atoms with van der Waals surface area (Å²) >= 11 is 0. The van der Waals surface area contributed by atoms with Gasteiger partial charge in [0, 0.05) is 16.8 Å². The molecule has 0 aliphatic carbocycles. The van der Waals surface area contributed by atoms with Gasteiger partial charge in [0.25, 0.3) is 0 Å². The monoisotopic (exact) mass is 398 g/mol. The summed E-state index contributed by atoms with van der Waals surface area (Å²) in [7, 11) is 1.32. The van der Waals surface area contributed by atoms with Crippen LogP contribution in [0.25, 0.3) is 34.2 Å². The number of rotatable bonds is 4. The molecule has 4 rings (SSSR count). The second-order valence-corrected chi connectivity index (χ2v) is 6.50. The maximum absolute atomic E-state index is 13.5. The highest BCUT2D eigenvalue weighted by Crippen LogP contribution is 2.40. The molecule has 0 atom stereocenters. The summed E-state index contributed by atoms with van der Waals surface area (Å²) in [5, 5.41) is 0. The van der Waals surface area contributed by atoms with Crippen LogP contribution in [0.3, 0.4) is 0 Å². The molecule has 0 unspecified atom stereocenters. The number of nitrogens with one attached hydrogen (secondary N) is 1. The number of halogens is 3. The molecule has 0 fully saturated rings. The SMILES string of the molecule is COc1ccc(-c2ccc(-c3nc(-c4ccccc4)c(C)[nH]3)o2)c(C(F)(F)F)c1. The Kier molecular flexibility index (Phi) is 4.66. The minimum Gasteiger partial charge on any atom is -0.497 e. The molecule has 0 saturated carbocycles. The smallest absolute Gasteiger partial charge is 0.417 e. The van der Waals surface area contributed by atoms with Crippen LogP contribution in [0.15, 0.2) is 65.1 Å². The van der Waals surface area contributed by atoms with E-state index in [9.17, 15) is 13.2 Å². The molecule has 0 aliphatic rings. The van der Waals surface area contributed by atoms with Crippen LogP contribution in [0.4, 0.5) is 13.2 Å². The number of hydrogen-bond donors (Lipinski definition) is 1. The van der Waals surface area contributed by atoms with Crippen LogP contribution in [0, 0.1) is 6.92 Å². The lowest BCUT2D eigenvalue weighted by Gasteiger charge is -2.12. The van der Waals surface area contributed by atoms with Crippen LogP contribution in [0.1, 0.15) is 11.3 Å². The highest BCUT2D eigenvalue weighted by atomic mass is 19.4. The first kappa shape index (κ1) is 18.9. The summed E-state index contributed by atoms with van der Waals surface area (Å²) in [6.45, 7) is 1.88. The number of hydrogen-bond acceptors (Lipinski definition) is 3. The van der Waals surface area contributed by atoms with Crippen LogP contribution < -0.4 is 4.74 Å². The molecular formula is C22H17F3N2O2. The summed E-state index contributed by atoms with van der Waals surface area (Å²) in [5.41, 5.74) is 1.66. The van der Waals surface area contributed by atoms with Crippen molar-refractivity contribution in [1.82, 2.24) is 9.97 Å². The van der Waals surface area contributed by atoms with E-state index in [1.165, 1.54) is 25.3 Å². The standard InChI is InChI=1S/C22H17F3N2O2/c1-13-20(14-6-4-3-5-7-14)27-21(26-13)19-11-10-18(29-19)16-9-8-15(28-2)12-17(16)22(23,24)25/h3-12H,1-2H3,(H,26,27). The van der Waals surface area contributed by atoms with Crippen LogP contribution >= 0.6 is 0 Å². The van der Waals surface area contributed by atoms with E-state index in [1.54, 1.807) is 6.07 Å². The predicted molar refractivity (Wildman–Crippen MR) is 103 cm³/mol. The number of methoxy groups -OCH3 is 1. The number of imidazole rings is 1. The Morgan fingerprint density at radius 1 is 0.966 bits per heavy atom. The first-order valence-corrected chi connectivity index (χ1v) is 8.84. The average Bonchev–Trinajstić information content (AvgIpc) is 3.34. The van der Waals surface area contributed by atoms with Crippen LogP contribution in [0.2, 0.25) is 0 Å². The predicted octanol–water partition coefficient (Wildman–Crippen LogP) is 6.34. The Hall–Kier alpha value is -3.48. The van der Waals surface area contributed by atoms with Gasteiger partial charge in [-0.25, -0.2) is 4.98 Å². The van der Waals surface area contributed by atoms with Crippen molar-refractivity contribution in [2.24, 2.45) is 0 Å². The number of alkyl halides is 3. The summed E-state index contributed by atoms with van der Waals surface area (Å²) in [4.78, 5) is 7.70. The fraction of sp³-hybridized carbons (Fsp3) is 0.136. The normalized spacial score (nSPS) is 11.6. The lowest BCUT2D eigenvalue weighted by atomic mass is 10.0. The van der Waals surface area contributed by atoms with E-state index in [0.29, 0.717) is 11.6 Å². The zero-order valence-electron chi connectivity index (χ0n) is 15.7. The third kappa shape index (κ3) is 3.63. The number of furan rings is 1. The molecule has 0 bridgehead atoms. The molecule has 7 heteroatoms. The van der Waals surface area contributed by atoms with E-state index in [1.807, 2.05) is 37.3 Å². The van der Waals surface area contributed by atoms with Crippen molar-refractivity contribution < 1.29 is 22.3 Å². The van der Waals surface area contributed by atoms with E-state index in [0.717, 1.165) is 23.0 Å². The van der Waals surface area contributed by atoms with Gasteiger partial charge in [-0.15, -0.1) is 0 Å². The lowest BCUT2D eigenvalue weighted by molar-refractivity contribution is -0.137. The van der Waals surface area contributed by atoms with Crippen molar-refractivity contribution in [3.63, 3.8) is 0 Å². The summed E-state index contributed by atoms with van der Waals surface area (Å²) in [5.74, 6) is 1.04. The number of aromatic nitrogens is 2. The van der Waals surface area contributed by atoms with Gasteiger partial charge in [0.15, 0.2) is 11.6 Å². The molecule has 0 radical (unpaired) electrons. The topological polar surface area (TPSA) is 51.0 Å². The molecule has 0 saturated heterocycles. The minimum absolute atomic E-state index is 0.0592. The van der Waals surface area contributed by atoms with E-state index >= 15 is 0 Å². The second-order valence-electron chi connectivity index (χ2n) is 6.50. The summed E-state index contributed by atoms with van der Waals surface area (Å²) in [6.07, 6.45) is -4.54. The van der Waals surface area contributed by atoms with E-state index in [2.05, 4.69) is 9.97 Å². The molecule has 0 aliphatic heterocycles. The highest BCUT2D eigenvalue weighted by molar-refractivity contribution is 5.69. The Balaban J connectivity index is 1.74. The van der Waals surface area contributed by atoms with Crippen LogP contribution in [0.5, 0.6) is 5.75 Å². The van der Waals surface area contributed by atoms with E-state index in [-0.39, 0.29) is 17.1 Å². The number of H-pyrrole nitrogens is 1. The van der Waals surface area contributed by atoms with Gasteiger partial charge in [0.1, 0.15) is 11.5 Å².